The number of fused-ring (bicyclic) bond motifs is 9. The van der Waals surface area contributed by atoms with Crippen LogP contribution < -0.4 is 4.57 Å². The molecule has 0 N–H and O–H groups in total. The van der Waals surface area contributed by atoms with E-state index in [-0.39, 0.29) is 17.0 Å². The van der Waals surface area contributed by atoms with Crippen molar-refractivity contribution in [3.8, 4) is 11.3 Å². The van der Waals surface area contributed by atoms with Gasteiger partial charge in [-0.05, 0) is 65.8 Å². The number of benzene rings is 3. The highest BCUT2D eigenvalue weighted by Crippen LogP contribution is 2.73. The molecule has 0 bridgehead atoms. The van der Waals surface area contributed by atoms with Crippen LogP contribution in [0.2, 0.25) is 0 Å². The van der Waals surface area contributed by atoms with Gasteiger partial charge in [0.25, 0.3) is 0 Å². The zero-order chi connectivity index (χ0) is 26.5. The lowest BCUT2D eigenvalue weighted by Crippen LogP contribution is -2.53. The molecule has 3 aromatic carbocycles. The minimum Gasteiger partial charge on any atom is -0.342 e. The molecule has 0 spiro atoms. The number of hydrogen-bond acceptors (Lipinski definition) is 1. The van der Waals surface area contributed by atoms with Crippen molar-refractivity contribution in [2.45, 2.75) is 44.7 Å². The first-order valence-electron chi connectivity index (χ1n) is 14.1. The summed E-state index contributed by atoms with van der Waals surface area (Å²) in [6, 6.07) is 33.7. The van der Waals surface area contributed by atoms with Gasteiger partial charge in [-0.1, -0.05) is 78.9 Å². The highest BCUT2D eigenvalue weighted by Gasteiger charge is 2.83. The Morgan fingerprint density at radius 2 is 1.54 bits per heavy atom. The van der Waals surface area contributed by atoms with Gasteiger partial charge >= 0.3 is 0 Å². The predicted octanol–water partition coefficient (Wildman–Crippen LogP) is 7.96. The van der Waals surface area contributed by atoms with E-state index in [1.807, 2.05) is 0 Å². The summed E-state index contributed by atoms with van der Waals surface area (Å²) in [7, 11) is 0. The molecule has 8 rings (SSSR count). The first-order chi connectivity index (χ1) is 18.9. The van der Waals surface area contributed by atoms with Gasteiger partial charge in [0.2, 0.25) is 5.69 Å². The Bertz CT molecular complexity index is 1770. The van der Waals surface area contributed by atoms with Gasteiger partial charge in [0.15, 0.2) is 11.7 Å². The zero-order valence-electron chi connectivity index (χ0n) is 23.0. The van der Waals surface area contributed by atoms with Crippen LogP contribution in [0.1, 0.15) is 54.6 Å². The molecule has 1 aromatic heterocycles. The van der Waals surface area contributed by atoms with Crippen molar-refractivity contribution in [2.75, 3.05) is 0 Å². The van der Waals surface area contributed by atoms with E-state index in [4.69, 9.17) is 0 Å². The predicted molar refractivity (Wildman–Crippen MR) is 158 cm³/mol. The van der Waals surface area contributed by atoms with Gasteiger partial charge in [-0.15, -0.1) is 0 Å². The molecule has 1 saturated carbocycles. The van der Waals surface area contributed by atoms with Crippen molar-refractivity contribution in [3.63, 3.8) is 0 Å². The molecule has 190 valence electrons. The maximum atomic E-state index is 2.58. The Balaban J connectivity index is 1.35. The normalized spacial score (nSPS) is 27.6. The summed E-state index contributed by atoms with van der Waals surface area (Å²) >= 11 is 0. The maximum Gasteiger partial charge on any atom is 0.213 e. The molecule has 4 heterocycles. The Labute approximate surface area is 231 Å². The number of rotatable bonds is 2. The van der Waals surface area contributed by atoms with Gasteiger partial charge < -0.3 is 4.90 Å². The van der Waals surface area contributed by atoms with E-state index in [1.165, 1.54) is 55.8 Å². The second kappa shape index (κ2) is 7.70. The van der Waals surface area contributed by atoms with Crippen LogP contribution in [-0.2, 0) is 11.0 Å². The van der Waals surface area contributed by atoms with Crippen molar-refractivity contribution in [3.05, 3.63) is 149 Å². The number of nitrogens with zero attached hydrogens (tertiary/aromatic N) is 2. The number of aromatic nitrogens is 1. The van der Waals surface area contributed by atoms with Gasteiger partial charge in [0.1, 0.15) is 0 Å². The molecule has 2 nitrogen and oxygen atoms in total. The van der Waals surface area contributed by atoms with Crippen LogP contribution in [0.5, 0.6) is 0 Å². The number of pyridine rings is 1. The molecule has 4 aromatic rings. The van der Waals surface area contributed by atoms with Crippen LogP contribution >= 0.6 is 0 Å². The van der Waals surface area contributed by atoms with Gasteiger partial charge in [-0.3, -0.25) is 0 Å². The summed E-state index contributed by atoms with van der Waals surface area (Å²) in [5, 5.41) is 0. The fraction of sp³-hybridized carbons (Fsp3) is 0.216. The van der Waals surface area contributed by atoms with Crippen LogP contribution in [-0.4, -0.2) is 4.90 Å². The van der Waals surface area contributed by atoms with Crippen molar-refractivity contribution >= 4 is 11.1 Å². The zero-order valence-corrected chi connectivity index (χ0v) is 23.0. The van der Waals surface area contributed by atoms with Gasteiger partial charge in [0.05, 0.1) is 22.9 Å². The quantitative estimate of drug-likeness (QED) is 0.251. The standard InChI is InChI=1S/C37H33N2/c1-24-13-12-18-31-34(24)32-19-10-11-20-39(32)37(4)35(36(31,37)3)30-23-38-22-29(26-14-6-5-7-15-26)25(2)21-33(38)28-17-9-8-16-27(28)30/h5-23,33,35H,1-4H3/q+1. The van der Waals surface area contributed by atoms with Crippen LogP contribution in [0.4, 0.5) is 0 Å². The first kappa shape index (κ1) is 22.8. The molecule has 0 amide bonds. The second-order valence-corrected chi connectivity index (χ2v) is 12.1. The van der Waals surface area contributed by atoms with Gasteiger partial charge in [-0.25, -0.2) is 0 Å². The third-order valence-corrected chi connectivity index (χ3v) is 10.3. The van der Waals surface area contributed by atoms with Crippen LogP contribution in [0, 0.1) is 12.8 Å². The lowest BCUT2D eigenvalue weighted by atomic mass is 9.80. The van der Waals surface area contributed by atoms with Gasteiger partial charge in [0, 0.05) is 37.0 Å². The number of hydrogen-bond donors (Lipinski definition) is 0. The third kappa shape index (κ3) is 2.79. The summed E-state index contributed by atoms with van der Waals surface area (Å²) in [5.41, 5.74) is 13.7. The largest absolute Gasteiger partial charge is 0.342 e. The summed E-state index contributed by atoms with van der Waals surface area (Å²) in [6.07, 6.45) is 9.60. The Morgan fingerprint density at radius 1 is 0.769 bits per heavy atom. The lowest BCUT2D eigenvalue weighted by molar-refractivity contribution is -0.733. The molecule has 4 unspecified atom stereocenters. The van der Waals surface area contributed by atoms with Crippen molar-refractivity contribution in [2.24, 2.45) is 5.92 Å². The van der Waals surface area contributed by atoms with E-state index >= 15 is 0 Å². The summed E-state index contributed by atoms with van der Waals surface area (Å²) in [4.78, 5) is 2.47. The summed E-state index contributed by atoms with van der Waals surface area (Å²) in [5.74, 6) is 0.349. The molecule has 0 radical (unpaired) electrons. The molecule has 3 aliphatic heterocycles. The Hall–Kier alpha value is -4.17. The third-order valence-electron chi connectivity index (χ3n) is 10.3. The monoisotopic (exact) mass is 505 g/mol. The molecule has 1 fully saturated rings. The Morgan fingerprint density at radius 3 is 2.38 bits per heavy atom. The molecule has 39 heavy (non-hydrogen) atoms. The second-order valence-electron chi connectivity index (χ2n) is 12.1. The smallest absolute Gasteiger partial charge is 0.213 e. The highest BCUT2D eigenvalue weighted by molar-refractivity contribution is 5.85. The van der Waals surface area contributed by atoms with Crippen LogP contribution in [0.15, 0.2) is 121 Å². The summed E-state index contributed by atoms with van der Waals surface area (Å²) < 4.78 is 2.58. The Kier molecular flexibility index (Phi) is 4.50. The lowest BCUT2D eigenvalue weighted by Gasteiger charge is -2.37. The van der Waals surface area contributed by atoms with E-state index < -0.39 is 0 Å². The number of aryl methyl sites for hydroxylation is 1. The average Bonchev–Trinajstić information content (AvgIpc) is 3.50. The fourth-order valence-corrected chi connectivity index (χ4v) is 8.21. The van der Waals surface area contributed by atoms with E-state index in [1.54, 1.807) is 0 Å². The molecule has 0 saturated heterocycles. The maximum absolute atomic E-state index is 2.58. The molecule has 1 aliphatic carbocycles. The van der Waals surface area contributed by atoms with E-state index in [0.717, 1.165) is 0 Å². The number of allylic oxidation sites excluding steroid dienone is 3. The SMILES string of the molecule is CC1=CC2c3ccccc3C(C3C4(C)c5cccc(C)c5-c5cccc[n+]5C34C)=CN2C=C1c1ccccc1. The molecule has 4 atom stereocenters. The van der Waals surface area contributed by atoms with Crippen LogP contribution in [0.25, 0.3) is 22.4 Å². The van der Waals surface area contributed by atoms with Gasteiger partial charge in [-0.2, -0.15) is 4.57 Å². The minimum absolute atomic E-state index is 0.00727. The average molecular weight is 506 g/mol. The van der Waals surface area contributed by atoms with Crippen molar-refractivity contribution in [1.29, 1.82) is 0 Å². The topological polar surface area (TPSA) is 7.12 Å². The molecule has 4 aliphatic rings. The fourth-order valence-electron chi connectivity index (χ4n) is 8.21. The van der Waals surface area contributed by atoms with Crippen molar-refractivity contribution < 1.29 is 4.57 Å². The first-order valence-corrected chi connectivity index (χ1v) is 14.1. The van der Waals surface area contributed by atoms with E-state index in [0.29, 0.717) is 5.92 Å². The molecular weight excluding hydrogens is 472 g/mol. The van der Waals surface area contributed by atoms with Crippen molar-refractivity contribution in [1.82, 2.24) is 4.90 Å². The highest BCUT2D eigenvalue weighted by atomic mass is 15.2. The molecule has 2 heteroatoms. The minimum atomic E-state index is -0.0519. The van der Waals surface area contributed by atoms with E-state index in [9.17, 15) is 0 Å². The van der Waals surface area contributed by atoms with Crippen LogP contribution in [0.3, 0.4) is 0 Å². The van der Waals surface area contributed by atoms with E-state index in [2.05, 4.69) is 153 Å². The summed E-state index contributed by atoms with van der Waals surface area (Å²) in [6.45, 7) is 9.49. The molecular formula is C37H33N2+.